The third-order valence-electron chi connectivity index (χ3n) is 3.76. The smallest absolute Gasteiger partial charge is 0.404 e. The number of carbonyl (C=O) groups excluding carboxylic acids is 2. The van der Waals surface area contributed by atoms with E-state index in [0.29, 0.717) is 19.5 Å². The van der Waals surface area contributed by atoms with E-state index in [2.05, 4.69) is 16.0 Å². The molecular formula is C18H28N4O4. The van der Waals surface area contributed by atoms with Crippen LogP contribution >= 0.6 is 0 Å². The highest BCUT2D eigenvalue weighted by Gasteiger charge is 2.14. The Bertz CT molecular complexity index is 566. The molecule has 6 N–H and O–H groups in total. The summed E-state index contributed by atoms with van der Waals surface area (Å²) in [5.41, 5.74) is 6.82. The molecule has 26 heavy (non-hydrogen) atoms. The Labute approximate surface area is 153 Å². The average molecular weight is 364 g/mol. The second kappa shape index (κ2) is 12.7. The van der Waals surface area contributed by atoms with E-state index < -0.39 is 12.1 Å². The van der Waals surface area contributed by atoms with Crippen molar-refractivity contribution >= 4 is 17.9 Å². The van der Waals surface area contributed by atoms with Gasteiger partial charge in [0, 0.05) is 13.1 Å². The Morgan fingerprint density at radius 3 is 2.15 bits per heavy atom. The largest absolute Gasteiger partial charge is 0.465 e. The van der Waals surface area contributed by atoms with Gasteiger partial charge in [-0.05, 0) is 24.8 Å². The maximum Gasteiger partial charge on any atom is 0.404 e. The van der Waals surface area contributed by atoms with Gasteiger partial charge < -0.3 is 26.8 Å². The van der Waals surface area contributed by atoms with Gasteiger partial charge in [0.2, 0.25) is 11.8 Å². The Balaban J connectivity index is 2.05. The lowest BCUT2D eigenvalue weighted by atomic mass is 10.1. The van der Waals surface area contributed by atoms with Crippen LogP contribution in [0.5, 0.6) is 0 Å². The Morgan fingerprint density at radius 2 is 1.54 bits per heavy atom. The molecule has 0 heterocycles. The zero-order valence-electron chi connectivity index (χ0n) is 14.9. The van der Waals surface area contributed by atoms with Gasteiger partial charge in [0.05, 0.1) is 12.6 Å². The highest BCUT2D eigenvalue weighted by Crippen LogP contribution is 2.01. The van der Waals surface area contributed by atoms with Gasteiger partial charge in [0.1, 0.15) is 0 Å². The van der Waals surface area contributed by atoms with Gasteiger partial charge in [0.15, 0.2) is 0 Å². The molecule has 0 fully saturated rings. The van der Waals surface area contributed by atoms with E-state index in [1.54, 1.807) is 0 Å². The molecule has 3 amide bonds. The van der Waals surface area contributed by atoms with Crippen molar-refractivity contribution in [3.05, 3.63) is 35.9 Å². The van der Waals surface area contributed by atoms with E-state index in [0.717, 1.165) is 31.2 Å². The number of nitrogens with one attached hydrogen (secondary N) is 3. The molecule has 0 aromatic heterocycles. The van der Waals surface area contributed by atoms with Crippen molar-refractivity contribution in [2.24, 2.45) is 5.73 Å². The molecule has 0 bridgehead atoms. The van der Waals surface area contributed by atoms with Gasteiger partial charge in [-0.1, -0.05) is 43.2 Å². The molecule has 0 radical (unpaired) electrons. The first-order valence-corrected chi connectivity index (χ1v) is 8.79. The van der Waals surface area contributed by atoms with Gasteiger partial charge in [-0.25, -0.2) is 4.79 Å². The van der Waals surface area contributed by atoms with Gasteiger partial charge in [-0.2, -0.15) is 0 Å². The summed E-state index contributed by atoms with van der Waals surface area (Å²) in [5.74, 6) is -0.604. The molecule has 8 nitrogen and oxygen atoms in total. The predicted molar refractivity (Wildman–Crippen MR) is 98.6 cm³/mol. The number of carboxylic acid groups (broad SMARTS) is 1. The van der Waals surface area contributed by atoms with Crippen molar-refractivity contribution in [1.82, 2.24) is 16.0 Å². The summed E-state index contributed by atoms with van der Waals surface area (Å²) in [6, 6.07) is 8.78. The van der Waals surface area contributed by atoms with Gasteiger partial charge in [-0.15, -0.1) is 0 Å². The van der Waals surface area contributed by atoms with Crippen molar-refractivity contribution in [1.29, 1.82) is 0 Å². The average Bonchev–Trinajstić information content (AvgIpc) is 2.62. The minimum Gasteiger partial charge on any atom is -0.465 e. The van der Waals surface area contributed by atoms with E-state index >= 15 is 0 Å². The molecule has 144 valence electrons. The number of nitrogens with two attached hydrogens (primary N) is 1. The SMILES string of the molecule is N[C@@H](Cc1ccccc1)C(=O)NCC(=O)NCCCCCCNC(=O)O. The summed E-state index contributed by atoms with van der Waals surface area (Å²) < 4.78 is 0. The van der Waals surface area contributed by atoms with Crippen molar-refractivity contribution in [2.45, 2.75) is 38.1 Å². The third-order valence-corrected chi connectivity index (χ3v) is 3.76. The molecule has 0 unspecified atom stereocenters. The number of unbranched alkanes of at least 4 members (excludes halogenated alkanes) is 3. The van der Waals surface area contributed by atoms with Crippen LogP contribution in [-0.2, 0) is 16.0 Å². The minimum absolute atomic E-state index is 0.0934. The van der Waals surface area contributed by atoms with Crippen LogP contribution in [0.3, 0.4) is 0 Å². The van der Waals surface area contributed by atoms with Crippen LogP contribution < -0.4 is 21.7 Å². The normalized spacial score (nSPS) is 11.4. The zero-order chi connectivity index (χ0) is 19.2. The molecule has 1 rings (SSSR count). The summed E-state index contributed by atoms with van der Waals surface area (Å²) >= 11 is 0. The molecule has 8 heteroatoms. The number of hydrogen-bond donors (Lipinski definition) is 5. The minimum atomic E-state index is -1.01. The van der Waals surface area contributed by atoms with Crippen molar-refractivity contribution < 1.29 is 19.5 Å². The first-order valence-electron chi connectivity index (χ1n) is 8.79. The zero-order valence-corrected chi connectivity index (χ0v) is 14.9. The van der Waals surface area contributed by atoms with Crippen LogP contribution in [0.15, 0.2) is 30.3 Å². The molecule has 1 atom stereocenters. The lowest BCUT2D eigenvalue weighted by Gasteiger charge is -2.12. The van der Waals surface area contributed by atoms with E-state index in [9.17, 15) is 14.4 Å². The lowest BCUT2D eigenvalue weighted by molar-refractivity contribution is -0.126. The fourth-order valence-corrected chi connectivity index (χ4v) is 2.35. The molecule has 0 aliphatic heterocycles. The summed E-state index contributed by atoms with van der Waals surface area (Å²) in [4.78, 5) is 33.9. The number of benzene rings is 1. The van der Waals surface area contributed by atoms with E-state index in [1.807, 2.05) is 30.3 Å². The monoisotopic (exact) mass is 364 g/mol. The second-order valence-corrected chi connectivity index (χ2v) is 6.01. The number of hydrogen-bond acceptors (Lipinski definition) is 4. The maximum absolute atomic E-state index is 11.9. The molecule has 1 aromatic carbocycles. The van der Waals surface area contributed by atoms with Crippen molar-refractivity contribution in [2.75, 3.05) is 19.6 Å². The van der Waals surface area contributed by atoms with Crippen LogP contribution in [0.1, 0.15) is 31.2 Å². The van der Waals surface area contributed by atoms with E-state index in [4.69, 9.17) is 10.8 Å². The maximum atomic E-state index is 11.9. The predicted octanol–water partition coefficient (Wildman–Crippen LogP) is 0.617. The molecule has 0 saturated heterocycles. The molecule has 1 aromatic rings. The standard InChI is InChI=1S/C18H28N4O4/c19-15(12-14-8-4-3-5-9-14)17(24)22-13-16(23)20-10-6-1-2-7-11-21-18(25)26/h3-5,8-9,15,21H,1-2,6-7,10-13,19H2,(H,20,23)(H,22,24)(H,25,26)/t15-/m0/s1. The Morgan fingerprint density at radius 1 is 0.923 bits per heavy atom. The quantitative estimate of drug-likeness (QED) is 0.347. The van der Waals surface area contributed by atoms with Crippen molar-refractivity contribution in [3.63, 3.8) is 0 Å². The highest BCUT2D eigenvalue weighted by molar-refractivity contribution is 5.87. The summed E-state index contributed by atoms with van der Waals surface area (Å²) in [7, 11) is 0. The van der Waals surface area contributed by atoms with E-state index in [-0.39, 0.29) is 18.4 Å². The molecule has 0 saturated carbocycles. The lowest BCUT2D eigenvalue weighted by Crippen LogP contribution is -2.45. The fourth-order valence-electron chi connectivity index (χ4n) is 2.35. The van der Waals surface area contributed by atoms with Crippen LogP contribution in [0.4, 0.5) is 4.79 Å². The van der Waals surface area contributed by atoms with E-state index in [1.165, 1.54) is 0 Å². The summed E-state index contributed by atoms with van der Waals surface area (Å²) in [6.45, 7) is 0.873. The first kappa shape index (κ1) is 21.4. The van der Waals surface area contributed by atoms with Crippen molar-refractivity contribution in [3.8, 4) is 0 Å². The third kappa shape index (κ3) is 10.3. The van der Waals surface area contributed by atoms with Gasteiger partial charge in [0.25, 0.3) is 0 Å². The number of amides is 3. The fraction of sp³-hybridized carbons (Fsp3) is 0.500. The van der Waals surface area contributed by atoms with Crippen LogP contribution in [0.25, 0.3) is 0 Å². The molecule has 0 aliphatic rings. The molecule has 0 spiro atoms. The molecule has 0 aliphatic carbocycles. The second-order valence-electron chi connectivity index (χ2n) is 6.01. The summed E-state index contributed by atoms with van der Waals surface area (Å²) in [6.07, 6.45) is 2.78. The van der Waals surface area contributed by atoms with Gasteiger partial charge in [-0.3, -0.25) is 9.59 Å². The van der Waals surface area contributed by atoms with Gasteiger partial charge >= 0.3 is 6.09 Å². The molecular weight excluding hydrogens is 336 g/mol. The van der Waals surface area contributed by atoms with Crippen LogP contribution in [0.2, 0.25) is 0 Å². The number of carbonyl (C=O) groups is 3. The Kier molecular flexibility index (Phi) is 10.5. The summed E-state index contributed by atoms with van der Waals surface area (Å²) in [5, 5.41) is 16.0. The number of rotatable bonds is 12. The topological polar surface area (TPSA) is 134 Å². The highest BCUT2D eigenvalue weighted by atomic mass is 16.4. The van der Waals surface area contributed by atoms with Crippen LogP contribution in [0, 0.1) is 0 Å². The first-order chi connectivity index (χ1) is 12.5. The van der Waals surface area contributed by atoms with Crippen LogP contribution in [-0.4, -0.2) is 48.7 Å². The Hall–Kier alpha value is -2.61.